The Morgan fingerprint density at radius 3 is 2.50 bits per heavy atom. The first-order valence-electron chi connectivity index (χ1n) is 9.23. The van der Waals surface area contributed by atoms with Gasteiger partial charge in [-0.25, -0.2) is 4.79 Å². The molecule has 1 fully saturated rings. The third-order valence-corrected chi connectivity index (χ3v) is 4.72. The molecule has 0 saturated carbocycles. The quantitative estimate of drug-likeness (QED) is 0.665. The van der Waals surface area contributed by atoms with Gasteiger partial charge in [0.05, 0.1) is 5.56 Å². The number of rotatable bonds is 4. The molecule has 0 spiro atoms. The van der Waals surface area contributed by atoms with Crippen LogP contribution in [0.15, 0.2) is 60.7 Å². The molecule has 1 heterocycles. The van der Waals surface area contributed by atoms with Crippen molar-refractivity contribution in [1.29, 1.82) is 0 Å². The van der Waals surface area contributed by atoms with Crippen LogP contribution in [0.2, 0.25) is 0 Å². The molecule has 1 aliphatic rings. The van der Waals surface area contributed by atoms with Crippen LogP contribution in [0.1, 0.15) is 29.5 Å². The predicted molar refractivity (Wildman–Crippen MR) is 101 cm³/mol. The van der Waals surface area contributed by atoms with Gasteiger partial charge in [0.1, 0.15) is 6.61 Å². The van der Waals surface area contributed by atoms with Gasteiger partial charge in [-0.2, -0.15) is 13.2 Å². The summed E-state index contributed by atoms with van der Waals surface area (Å²) < 4.78 is 43.2. The molecule has 0 aliphatic carbocycles. The van der Waals surface area contributed by atoms with Crippen molar-refractivity contribution in [1.82, 2.24) is 4.90 Å². The number of likely N-dealkylation sites (tertiary alicyclic amines) is 1. The molecule has 1 atom stereocenters. The summed E-state index contributed by atoms with van der Waals surface area (Å²) >= 11 is 0. The molecular weight excluding hydrogens is 367 g/mol. The fourth-order valence-electron chi connectivity index (χ4n) is 3.17. The molecule has 0 bridgehead atoms. The molecule has 0 aromatic heterocycles. The van der Waals surface area contributed by atoms with Crippen molar-refractivity contribution in [2.45, 2.75) is 25.6 Å². The van der Waals surface area contributed by atoms with E-state index in [0.29, 0.717) is 18.7 Å². The SMILES string of the molecule is O=C(OCc1ccccc1)N1CCCC(/C=C/c2ccc(C(F)(F)F)cc2)C1. The fourth-order valence-corrected chi connectivity index (χ4v) is 3.17. The van der Waals surface area contributed by atoms with Gasteiger partial charge in [-0.1, -0.05) is 54.6 Å². The highest BCUT2D eigenvalue weighted by atomic mass is 19.4. The molecular formula is C22H22F3NO2. The maximum Gasteiger partial charge on any atom is 0.416 e. The number of halogens is 3. The van der Waals surface area contributed by atoms with E-state index in [2.05, 4.69) is 0 Å². The van der Waals surface area contributed by atoms with Crippen molar-refractivity contribution in [2.24, 2.45) is 5.92 Å². The molecule has 0 radical (unpaired) electrons. The zero-order valence-electron chi connectivity index (χ0n) is 15.4. The van der Waals surface area contributed by atoms with E-state index in [0.717, 1.165) is 30.5 Å². The van der Waals surface area contributed by atoms with Crippen LogP contribution >= 0.6 is 0 Å². The third kappa shape index (κ3) is 5.62. The number of benzene rings is 2. The molecule has 28 heavy (non-hydrogen) atoms. The minimum atomic E-state index is -4.33. The van der Waals surface area contributed by atoms with Crippen molar-refractivity contribution in [3.8, 4) is 0 Å². The number of hydrogen-bond donors (Lipinski definition) is 0. The zero-order chi connectivity index (χ0) is 20.0. The van der Waals surface area contributed by atoms with E-state index >= 15 is 0 Å². The van der Waals surface area contributed by atoms with Crippen LogP contribution in [0.3, 0.4) is 0 Å². The van der Waals surface area contributed by atoms with Crippen LogP contribution in [0.25, 0.3) is 6.08 Å². The van der Waals surface area contributed by atoms with Crippen molar-refractivity contribution < 1.29 is 22.7 Å². The molecule has 3 rings (SSSR count). The lowest BCUT2D eigenvalue weighted by atomic mass is 9.97. The largest absolute Gasteiger partial charge is 0.445 e. The Bertz CT molecular complexity index is 801. The minimum absolute atomic E-state index is 0.153. The van der Waals surface area contributed by atoms with Gasteiger partial charge in [0, 0.05) is 13.1 Å². The first kappa shape index (κ1) is 20.0. The second kappa shape index (κ2) is 8.95. The van der Waals surface area contributed by atoms with E-state index in [1.165, 1.54) is 12.1 Å². The van der Waals surface area contributed by atoms with E-state index in [4.69, 9.17) is 4.74 Å². The smallest absolute Gasteiger partial charge is 0.416 e. The first-order valence-corrected chi connectivity index (χ1v) is 9.23. The number of carbonyl (C=O) groups is 1. The summed E-state index contributed by atoms with van der Waals surface area (Å²) in [5.41, 5.74) is 0.984. The number of amides is 1. The summed E-state index contributed by atoms with van der Waals surface area (Å²) in [6.07, 6.45) is 0.897. The normalized spacial score (nSPS) is 17.7. The lowest BCUT2D eigenvalue weighted by molar-refractivity contribution is -0.137. The lowest BCUT2D eigenvalue weighted by Crippen LogP contribution is -2.39. The van der Waals surface area contributed by atoms with Crippen LogP contribution < -0.4 is 0 Å². The Labute approximate surface area is 162 Å². The van der Waals surface area contributed by atoms with Crippen LogP contribution in [0.4, 0.5) is 18.0 Å². The summed E-state index contributed by atoms with van der Waals surface area (Å²) in [6, 6.07) is 14.6. The number of carbonyl (C=O) groups excluding carboxylic acids is 1. The van der Waals surface area contributed by atoms with E-state index in [-0.39, 0.29) is 18.6 Å². The first-order chi connectivity index (χ1) is 13.4. The maximum absolute atomic E-state index is 12.6. The topological polar surface area (TPSA) is 29.5 Å². The molecule has 0 N–H and O–H groups in total. The van der Waals surface area contributed by atoms with Crippen LogP contribution in [0, 0.1) is 5.92 Å². The van der Waals surface area contributed by atoms with Crippen molar-refractivity contribution in [2.75, 3.05) is 13.1 Å². The fraction of sp³-hybridized carbons (Fsp3) is 0.318. The molecule has 1 saturated heterocycles. The van der Waals surface area contributed by atoms with Crippen molar-refractivity contribution in [3.05, 3.63) is 77.4 Å². The summed E-state index contributed by atoms with van der Waals surface area (Å²) in [5, 5.41) is 0. The Hall–Kier alpha value is -2.76. The van der Waals surface area contributed by atoms with E-state index in [1.807, 2.05) is 42.5 Å². The van der Waals surface area contributed by atoms with Gasteiger partial charge in [0.2, 0.25) is 0 Å². The standard InChI is InChI=1S/C22H22F3NO2/c23-22(24,25)20-12-10-17(11-13-20)8-9-18-7-4-14-26(15-18)21(27)28-16-19-5-2-1-3-6-19/h1-3,5-6,8-13,18H,4,7,14-16H2/b9-8+. The number of nitrogens with zero attached hydrogens (tertiary/aromatic N) is 1. The summed E-state index contributed by atoms with van der Waals surface area (Å²) in [5.74, 6) is 0.153. The van der Waals surface area contributed by atoms with Gasteiger partial charge >= 0.3 is 12.3 Å². The van der Waals surface area contributed by atoms with Crippen LogP contribution in [0.5, 0.6) is 0 Å². The molecule has 148 valence electrons. The highest BCUT2D eigenvalue weighted by molar-refractivity contribution is 5.67. The van der Waals surface area contributed by atoms with Crippen molar-refractivity contribution in [3.63, 3.8) is 0 Å². The molecule has 3 nitrogen and oxygen atoms in total. The molecule has 6 heteroatoms. The molecule has 2 aromatic carbocycles. The minimum Gasteiger partial charge on any atom is -0.445 e. The molecule has 1 amide bonds. The van der Waals surface area contributed by atoms with Gasteiger partial charge in [-0.05, 0) is 42.0 Å². The molecule has 1 aliphatic heterocycles. The van der Waals surface area contributed by atoms with Crippen LogP contribution in [-0.4, -0.2) is 24.1 Å². The number of ether oxygens (including phenoxy) is 1. The molecule has 2 aromatic rings. The second-order valence-electron chi connectivity index (χ2n) is 6.87. The Morgan fingerprint density at radius 1 is 1.11 bits per heavy atom. The Kier molecular flexibility index (Phi) is 6.39. The highest BCUT2D eigenvalue weighted by Gasteiger charge is 2.29. The Morgan fingerprint density at radius 2 is 1.82 bits per heavy atom. The van der Waals surface area contributed by atoms with Gasteiger partial charge in [0.25, 0.3) is 0 Å². The molecule has 1 unspecified atom stereocenters. The average Bonchev–Trinajstić information content (AvgIpc) is 2.71. The zero-order valence-corrected chi connectivity index (χ0v) is 15.4. The van der Waals surface area contributed by atoms with Gasteiger partial charge in [-0.3, -0.25) is 0 Å². The van der Waals surface area contributed by atoms with Gasteiger partial charge < -0.3 is 9.64 Å². The van der Waals surface area contributed by atoms with Gasteiger partial charge in [-0.15, -0.1) is 0 Å². The van der Waals surface area contributed by atoms with Crippen molar-refractivity contribution >= 4 is 12.2 Å². The van der Waals surface area contributed by atoms with E-state index in [1.54, 1.807) is 4.90 Å². The summed E-state index contributed by atoms with van der Waals surface area (Å²) in [4.78, 5) is 14.0. The van der Waals surface area contributed by atoms with E-state index in [9.17, 15) is 18.0 Å². The highest BCUT2D eigenvalue weighted by Crippen LogP contribution is 2.29. The third-order valence-electron chi connectivity index (χ3n) is 4.72. The van der Waals surface area contributed by atoms with Gasteiger partial charge in [0.15, 0.2) is 0 Å². The second-order valence-corrected chi connectivity index (χ2v) is 6.87. The Balaban J connectivity index is 1.52. The van der Waals surface area contributed by atoms with Crippen LogP contribution in [-0.2, 0) is 17.5 Å². The number of alkyl halides is 3. The lowest BCUT2D eigenvalue weighted by Gasteiger charge is -2.30. The predicted octanol–water partition coefficient (Wildman–Crippen LogP) is 5.77. The monoisotopic (exact) mass is 389 g/mol. The maximum atomic E-state index is 12.6. The number of piperidine rings is 1. The summed E-state index contributed by atoms with van der Waals surface area (Å²) in [6.45, 7) is 1.44. The van der Waals surface area contributed by atoms with E-state index < -0.39 is 11.7 Å². The number of hydrogen-bond acceptors (Lipinski definition) is 2. The summed E-state index contributed by atoms with van der Waals surface area (Å²) in [7, 11) is 0. The average molecular weight is 389 g/mol.